The average molecular weight is 436 g/mol. The van der Waals surface area contributed by atoms with E-state index in [1.165, 1.54) is 36.4 Å². The summed E-state index contributed by atoms with van der Waals surface area (Å²) in [6, 6.07) is 8.82. The second kappa shape index (κ2) is 9.18. The summed E-state index contributed by atoms with van der Waals surface area (Å²) in [4.78, 5) is 23.5. The second-order valence-corrected chi connectivity index (χ2v) is 6.73. The molecule has 0 aliphatic carbocycles. The number of carbonyl (C=O) groups excluding carboxylic acids is 1. The molecule has 1 saturated heterocycles. The minimum atomic E-state index is -1.77. The number of aromatic carboxylic acids is 1. The highest BCUT2D eigenvalue weighted by atomic mass is 16.7. The van der Waals surface area contributed by atoms with E-state index in [1.807, 2.05) is 0 Å². The number of carboxylic acid groups (broad SMARTS) is 1. The fraction of sp³-hybridized carbons (Fsp3) is 0.300. The topological polar surface area (TPSA) is 183 Å². The Labute approximate surface area is 175 Å². The van der Waals surface area contributed by atoms with Gasteiger partial charge in [0.1, 0.15) is 53.8 Å². The van der Waals surface area contributed by atoms with Crippen LogP contribution in [-0.4, -0.2) is 79.9 Å². The van der Waals surface area contributed by atoms with Crippen molar-refractivity contribution < 1.29 is 54.4 Å². The van der Waals surface area contributed by atoms with Gasteiger partial charge in [0.05, 0.1) is 5.56 Å². The van der Waals surface area contributed by atoms with Crippen molar-refractivity contribution in [1.82, 2.24) is 0 Å². The van der Waals surface area contributed by atoms with Gasteiger partial charge in [0.15, 0.2) is 0 Å². The van der Waals surface area contributed by atoms with Gasteiger partial charge in [-0.05, 0) is 36.4 Å². The number of benzene rings is 2. The van der Waals surface area contributed by atoms with Gasteiger partial charge in [-0.2, -0.15) is 0 Å². The van der Waals surface area contributed by atoms with Gasteiger partial charge >= 0.3 is 11.9 Å². The van der Waals surface area contributed by atoms with E-state index < -0.39 is 60.6 Å². The van der Waals surface area contributed by atoms with Gasteiger partial charge in [-0.25, -0.2) is 9.59 Å². The van der Waals surface area contributed by atoms with Gasteiger partial charge in [0.2, 0.25) is 6.29 Å². The lowest BCUT2D eigenvalue weighted by Gasteiger charge is -2.40. The minimum Gasteiger partial charge on any atom is -0.508 e. The highest BCUT2D eigenvalue weighted by Crippen LogP contribution is 2.31. The van der Waals surface area contributed by atoms with E-state index >= 15 is 0 Å². The second-order valence-electron chi connectivity index (χ2n) is 6.73. The molecule has 3 rings (SSSR count). The summed E-state index contributed by atoms with van der Waals surface area (Å²) in [6.07, 6.45) is -8.15. The van der Waals surface area contributed by atoms with Crippen LogP contribution in [0.5, 0.6) is 17.2 Å². The lowest BCUT2D eigenvalue weighted by molar-refractivity contribution is -0.277. The molecular weight excluding hydrogens is 416 g/mol. The monoisotopic (exact) mass is 436 g/mol. The summed E-state index contributed by atoms with van der Waals surface area (Å²) >= 11 is 0. The fourth-order valence-electron chi connectivity index (χ4n) is 2.95. The lowest BCUT2D eigenvalue weighted by atomic mass is 9.99. The first kappa shape index (κ1) is 22.3. The molecule has 166 valence electrons. The Morgan fingerprint density at radius 3 is 2.26 bits per heavy atom. The molecule has 5 atom stereocenters. The number of hydrogen-bond donors (Lipinski definition) is 6. The summed E-state index contributed by atoms with van der Waals surface area (Å²) in [5.74, 6) is -3.28. The Bertz CT molecular complexity index is 943. The van der Waals surface area contributed by atoms with Crippen molar-refractivity contribution in [3.8, 4) is 17.2 Å². The molecule has 0 radical (unpaired) electrons. The molecule has 0 saturated carbocycles. The molecule has 0 amide bonds. The molecule has 0 unspecified atom stereocenters. The summed E-state index contributed by atoms with van der Waals surface area (Å²) in [5.41, 5.74) is -0.475. The number of phenolic OH excluding ortho intramolecular Hbond substituents is 1. The number of aliphatic hydroxyl groups excluding tert-OH is 3. The summed E-state index contributed by atoms with van der Waals surface area (Å²) in [6.45, 7) is -0.531. The van der Waals surface area contributed by atoms with Crippen molar-refractivity contribution in [1.29, 1.82) is 0 Å². The zero-order valence-corrected chi connectivity index (χ0v) is 15.9. The number of ether oxygens (including phenoxy) is 3. The Hall–Kier alpha value is -3.38. The maximum atomic E-state index is 12.1. The maximum Gasteiger partial charge on any atom is 0.343 e. The molecule has 11 heteroatoms. The van der Waals surface area contributed by atoms with Crippen LogP contribution in [0.25, 0.3) is 0 Å². The zero-order chi connectivity index (χ0) is 22.7. The third-order valence-electron chi connectivity index (χ3n) is 4.61. The fourth-order valence-corrected chi connectivity index (χ4v) is 2.95. The first-order valence-electron chi connectivity index (χ1n) is 9.06. The van der Waals surface area contributed by atoms with Crippen LogP contribution >= 0.6 is 0 Å². The first-order chi connectivity index (χ1) is 14.7. The van der Waals surface area contributed by atoms with E-state index in [-0.39, 0.29) is 17.1 Å². The Morgan fingerprint density at radius 2 is 1.61 bits per heavy atom. The normalized spacial score (nSPS) is 25.6. The third-order valence-corrected chi connectivity index (χ3v) is 4.61. The molecule has 1 aliphatic rings. The predicted octanol–water partition coefficient (Wildman–Crippen LogP) is -0.161. The molecule has 31 heavy (non-hydrogen) atoms. The molecule has 1 heterocycles. The van der Waals surface area contributed by atoms with Crippen LogP contribution in [0, 0.1) is 0 Å². The number of aromatic hydroxyl groups is 2. The molecule has 0 aromatic heterocycles. The van der Waals surface area contributed by atoms with Crippen molar-refractivity contribution in [2.75, 3.05) is 6.61 Å². The summed E-state index contributed by atoms with van der Waals surface area (Å²) < 4.78 is 15.8. The van der Waals surface area contributed by atoms with Gasteiger partial charge in [-0.3, -0.25) is 0 Å². The summed E-state index contributed by atoms with van der Waals surface area (Å²) in [7, 11) is 0. The van der Waals surface area contributed by atoms with Crippen molar-refractivity contribution in [2.45, 2.75) is 30.7 Å². The third kappa shape index (κ3) is 4.86. The Balaban J connectivity index is 1.72. The molecule has 6 N–H and O–H groups in total. The molecule has 1 fully saturated rings. The van der Waals surface area contributed by atoms with Crippen LogP contribution in [0.15, 0.2) is 42.5 Å². The quantitative estimate of drug-likeness (QED) is 0.331. The van der Waals surface area contributed by atoms with Gasteiger partial charge in [0.25, 0.3) is 0 Å². The number of aliphatic hydroxyl groups is 3. The van der Waals surface area contributed by atoms with Crippen LogP contribution in [0.1, 0.15) is 20.7 Å². The van der Waals surface area contributed by atoms with Crippen molar-refractivity contribution in [3.63, 3.8) is 0 Å². The minimum absolute atomic E-state index is 0.0487. The average Bonchev–Trinajstić information content (AvgIpc) is 2.73. The van der Waals surface area contributed by atoms with Crippen LogP contribution in [0.2, 0.25) is 0 Å². The maximum absolute atomic E-state index is 12.1. The molecule has 2 aromatic carbocycles. The van der Waals surface area contributed by atoms with Crippen LogP contribution in [-0.2, 0) is 9.47 Å². The molecule has 1 aliphatic heterocycles. The Morgan fingerprint density at radius 1 is 0.935 bits per heavy atom. The number of carbonyl (C=O) groups is 2. The van der Waals surface area contributed by atoms with E-state index in [0.29, 0.717) is 0 Å². The predicted molar refractivity (Wildman–Crippen MR) is 101 cm³/mol. The van der Waals surface area contributed by atoms with Gasteiger partial charge in [0, 0.05) is 0 Å². The standard InChI is InChI=1S/C20H20O11/c21-10-6-4-9(5-7-10)19(28)29-8-13-15(23)16(24)17(25)20(31-13)30-12-3-1-2-11(22)14(12)18(26)27/h1-7,13,15-17,20-25H,8H2,(H,26,27)/t13-,15-,16+,17-,20-/m1/s1. The van der Waals surface area contributed by atoms with Crippen molar-refractivity contribution >= 4 is 11.9 Å². The highest BCUT2D eigenvalue weighted by Gasteiger charge is 2.46. The van der Waals surface area contributed by atoms with Crippen LogP contribution in [0.4, 0.5) is 0 Å². The van der Waals surface area contributed by atoms with Crippen molar-refractivity contribution in [3.05, 3.63) is 53.6 Å². The van der Waals surface area contributed by atoms with E-state index in [1.54, 1.807) is 0 Å². The van der Waals surface area contributed by atoms with Crippen molar-refractivity contribution in [2.24, 2.45) is 0 Å². The SMILES string of the molecule is O=C(OC[C@H]1O[C@@H](Oc2cccc(O)c2C(=O)O)[C@H](O)[C@@H](O)[C@@H]1O)c1ccc(O)cc1. The molecule has 2 aromatic rings. The number of hydrogen-bond acceptors (Lipinski definition) is 10. The number of esters is 1. The number of phenols is 2. The highest BCUT2D eigenvalue weighted by molar-refractivity contribution is 5.94. The molecule has 0 bridgehead atoms. The van der Waals surface area contributed by atoms with E-state index in [4.69, 9.17) is 14.2 Å². The largest absolute Gasteiger partial charge is 0.508 e. The van der Waals surface area contributed by atoms with Gasteiger partial charge in [-0.1, -0.05) is 6.07 Å². The lowest BCUT2D eigenvalue weighted by Crippen LogP contribution is -2.60. The molecule has 0 spiro atoms. The van der Waals surface area contributed by atoms with E-state index in [0.717, 1.165) is 6.07 Å². The van der Waals surface area contributed by atoms with Crippen LogP contribution in [0.3, 0.4) is 0 Å². The van der Waals surface area contributed by atoms with Gasteiger partial charge < -0.3 is 44.8 Å². The van der Waals surface area contributed by atoms with E-state index in [9.17, 15) is 40.2 Å². The number of rotatable bonds is 6. The molecular formula is C20H20O11. The molecule has 11 nitrogen and oxygen atoms in total. The van der Waals surface area contributed by atoms with Crippen LogP contribution < -0.4 is 4.74 Å². The number of carboxylic acids is 1. The van der Waals surface area contributed by atoms with Gasteiger partial charge in [-0.15, -0.1) is 0 Å². The Kier molecular flexibility index (Phi) is 6.61. The smallest absolute Gasteiger partial charge is 0.343 e. The first-order valence-corrected chi connectivity index (χ1v) is 9.06. The van der Waals surface area contributed by atoms with E-state index in [2.05, 4.69) is 0 Å². The zero-order valence-electron chi connectivity index (χ0n) is 15.9. The summed E-state index contributed by atoms with van der Waals surface area (Å²) in [5, 5.41) is 58.7.